The van der Waals surface area contributed by atoms with E-state index < -0.39 is 0 Å². The summed E-state index contributed by atoms with van der Waals surface area (Å²) >= 11 is 0. The average molecular weight is 260 g/mol. The minimum atomic E-state index is 0.535. The fourth-order valence-corrected chi connectivity index (χ4v) is 1.43. The Morgan fingerprint density at radius 3 is 2.32 bits per heavy atom. The lowest BCUT2D eigenvalue weighted by Crippen LogP contribution is -1.94. The van der Waals surface area contributed by atoms with Crippen molar-refractivity contribution in [2.24, 2.45) is 0 Å². The van der Waals surface area contributed by atoms with Crippen molar-refractivity contribution >= 4 is 0 Å². The number of hydrogen-bond donors (Lipinski definition) is 0. The van der Waals surface area contributed by atoms with E-state index in [0.717, 1.165) is 17.8 Å². The van der Waals surface area contributed by atoms with Crippen LogP contribution in [0, 0.1) is 6.92 Å². The molecule has 102 valence electrons. The molecule has 0 aliphatic heterocycles. The summed E-state index contributed by atoms with van der Waals surface area (Å²) in [6, 6.07) is 9.67. The maximum Gasteiger partial charge on any atom is 0.256 e. The molecule has 0 N–H and O–H groups in total. The molecule has 2 aromatic heterocycles. The monoisotopic (exact) mass is 260 g/mol. The molecule has 0 aliphatic rings. The summed E-state index contributed by atoms with van der Waals surface area (Å²) < 4.78 is 9.98. The molecule has 0 radical (unpaired) electrons. The second kappa shape index (κ2) is 8.08. The Kier molecular flexibility index (Phi) is 6.36. The molecule has 0 bridgehead atoms. The summed E-state index contributed by atoms with van der Waals surface area (Å²) in [6.07, 6.45) is 2.85. The van der Waals surface area contributed by atoms with Crippen molar-refractivity contribution in [3.8, 4) is 11.6 Å². The summed E-state index contributed by atoms with van der Waals surface area (Å²) in [7, 11) is 3.17. The molecule has 4 heteroatoms. The Morgan fingerprint density at radius 1 is 1.05 bits per heavy atom. The van der Waals surface area contributed by atoms with Gasteiger partial charge >= 0.3 is 0 Å². The van der Waals surface area contributed by atoms with Gasteiger partial charge in [0, 0.05) is 17.6 Å². The third-order valence-corrected chi connectivity index (χ3v) is 2.47. The highest BCUT2D eigenvalue weighted by molar-refractivity contribution is 5.34. The van der Waals surface area contributed by atoms with Gasteiger partial charge in [0.1, 0.15) is 0 Å². The molecule has 0 amide bonds. The van der Waals surface area contributed by atoms with E-state index in [1.807, 2.05) is 43.5 Å². The zero-order valence-electron chi connectivity index (χ0n) is 11.9. The van der Waals surface area contributed by atoms with Gasteiger partial charge in [0.2, 0.25) is 0 Å². The van der Waals surface area contributed by atoms with Gasteiger partial charge in [-0.3, -0.25) is 4.98 Å². The Labute approximate surface area is 114 Å². The Morgan fingerprint density at radius 2 is 1.84 bits per heavy atom. The summed E-state index contributed by atoms with van der Waals surface area (Å²) in [5.74, 6) is 1.20. The molecule has 0 saturated heterocycles. The van der Waals surface area contributed by atoms with Gasteiger partial charge in [0.15, 0.2) is 5.75 Å². The van der Waals surface area contributed by atoms with Crippen LogP contribution in [0.25, 0.3) is 0 Å². The van der Waals surface area contributed by atoms with E-state index in [0.29, 0.717) is 11.6 Å². The Balaban J connectivity index is 0.000000200. The highest BCUT2D eigenvalue weighted by atomic mass is 16.5. The number of methoxy groups -OCH3 is 2. The topological polar surface area (TPSA) is 44.2 Å². The summed E-state index contributed by atoms with van der Waals surface area (Å²) in [5.41, 5.74) is 2.08. The second-order valence-corrected chi connectivity index (χ2v) is 3.84. The van der Waals surface area contributed by atoms with Crippen molar-refractivity contribution in [2.45, 2.75) is 20.3 Å². The van der Waals surface area contributed by atoms with E-state index in [9.17, 15) is 0 Å². The van der Waals surface area contributed by atoms with E-state index in [4.69, 9.17) is 9.47 Å². The van der Waals surface area contributed by atoms with Gasteiger partial charge in [0.05, 0.1) is 14.2 Å². The lowest BCUT2D eigenvalue weighted by atomic mass is 10.3. The molecule has 0 spiro atoms. The van der Waals surface area contributed by atoms with E-state index in [1.165, 1.54) is 0 Å². The minimum absolute atomic E-state index is 0.535. The van der Waals surface area contributed by atoms with Gasteiger partial charge in [-0.25, -0.2) is 4.98 Å². The van der Waals surface area contributed by atoms with Crippen LogP contribution in [0.5, 0.6) is 11.6 Å². The summed E-state index contributed by atoms with van der Waals surface area (Å²) in [4.78, 5) is 8.21. The zero-order valence-corrected chi connectivity index (χ0v) is 11.9. The van der Waals surface area contributed by atoms with E-state index in [2.05, 4.69) is 16.9 Å². The van der Waals surface area contributed by atoms with Gasteiger partial charge in [-0.1, -0.05) is 13.0 Å². The molecular weight excluding hydrogens is 240 g/mol. The van der Waals surface area contributed by atoms with Crippen LogP contribution in [0.2, 0.25) is 0 Å². The van der Waals surface area contributed by atoms with Crippen LogP contribution in [-0.2, 0) is 6.42 Å². The van der Waals surface area contributed by atoms with Gasteiger partial charge in [-0.05, 0) is 37.6 Å². The molecule has 0 fully saturated rings. The maximum atomic E-state index is 5.00. The van der Waals surface area contributed by atoms with Crippen molar-refractivity contribution in [3.63, 3.8) is 0 Å². The molecule has 19 heavy (non-hydrogen) atoms. The minimum Gasteiger partial charge on any atom is -0.491 e. The third-order valence-electron chi connectivity index (χ3n) is 2.47. The molecule has 0 atom stereocenters. The van der Waals surface area contributed by atoms with Crippen molar-refractivity contribution < 1.29 is 9.47 Å². The number of hydrogen-bond acceptors (Lipinski definition) is 4. The fraction of sp³-hybridized carbons (Fsp3) is 0.333. The van der Waals surface area contributed by atoms with Gasteiger partial charge < -0.3 is 9.47 Å². The highest BCUT2D eigenvalue weighted by Gasteiger charge is 2.02. The molecule has 0 unspecified atom stereocenters. The summed E-state index contributed by atoms with van der Waals surface area (Å²) in [6.45, 7) is 4.00. The smallest absolute Gasteiger partial charge is 0.256 e. The lowest BCUT2D eigenvalue weighted by Gasteiger charge is -2.05. The largest absolute Gasteiger partial charge is 0.491 e. The van der Waals surface area contributed by atoms with Crippen molar-refractivity contribution in [2.75, 3.05) is 14.2 Å². The Bertz CT molecular complexity index is 487. The molecule has 2 rings (SSSR count). The predicted octanol–water partition coefficient (Wildman–Crippen LogP) is 3.05. The Hall–Kier alpha value is -2.10. The van der Waals surface area contributed by atoms with Crippen LogP contribution < -0.4 is 9.47 Å². The van der Waals surface area contributed by atoms with Crippen LogP contribution in [0.15, 0.2) is 36.5 Å². The predicted molar refractivity (Wildman–Crippen MR) is 75.7 cm³/mol. The average Bonchev–Trinajstić information content (AvgIpc) is 2.48. The van der Waals surface area contributed by atoms with Crippen LogP contribution in [0.4, 0.5) is 0 Å². The SMILES string of the molecule is CCc1ccccn1.COc1ccc(C)nc1OC. The van der Waals surface area contributed by atoms with Crippen LogP contribution in [0.1, 0.15) is 18.3 Å². The first kappa shape index (κ1) is 15.0. The quantitative estimate of drug-likeness (QED) is 0.850. The first-order valence-electron chi connectivity index (χ1n) is 6.16. The van der Waals surface area contributed by atoms with E-state index >= 15 is 0 Å². The maximum absolute atomic E-state index is 5.00. The van der Waals surface area contributed by atoms with Crippen LogP contribution in [-0.4, -0.2) is 24.2 Å². The third kappa shape index (κ3) is 4.95. The van der Waals surface area contributed by atoms with E-state index in [1.54, 1.807) is 14.2 Å². The van der Waals surface area contributed by atoms with Gasteiger partial charge in [-0.15, -0.1) is 0 Å². The summed E-state index contributed by atoms with van der Waals surface area (Å²) in [5, 5.41) is 0. The first-order chi connectivity index (χ1) is 9.21. The van der Waals surface area contributed by atoms with Gasteiger partial charge in [0.25, 0.3) is 5.88 Å². The molecule has 0 saturated carbocycles. The normalized spacial score (nSPS) is 9.26. The fourth-order valence-electron chi connectivity index (χ4n) is 1.43. The number of aryl methyl sites for hydroxylation is 2. The molecule has 2 aromatic rings. The number of pyridine rings is 2. The zero-order chi connectivity index (χ0) is 14.1. The molecular formula is C15H20N2O2. The number of ether oxygens (including phenoxy) is 2. The molecule has 2 heterocycles. The standard InChI is InChI=1S/C8H11NO2.C7H9N/c1-6-4-5-7(10-2)8(9-6)11-3;1-2-7-5-3-4-6-8-7/h4-5H,1-3H3;3-6H,2H2,1H3. The lowest BCUT2D eigenvalue weighted by molar-refractivity contribution is 0.342. The molecule has 0 aromatic carbocycles. The van der Waals surface area contributed by atoms with Crippen LogP contribution in [0.3, 0.4) is 0 Å². The highest BCUT2D eigenvalue weighted by Crippen LogP contribution is 2.23. The number of aromatic nitrogens is 2. The number of rotatable bonds is 3. The molecule has 4 nitrogen and oxygen atoms in total. The van der Waals surface area contributed by atoms with E-state index in [-0.39, 0.29) is 0 Å². The first-order valence-corrected chi connectivity index (χ1v) is 6.16. The van der Waals surface area contributed by atoms with Crippen molar-refractivity contribution in [3.05, 3.63) is 47.9 Å². The second-order valence-electron chi connectivity index (χ2n) is 3.84. The van der Waals surface area contributed by atoms with Crippen molar-refractivity contribution in [1.29, 1.82) is 0 Å². The molecule has 0 aliphatic carbocycles. The van der Waals surface area contributed by atoms with Crippen molar-refractivity contribution in [1.82, 2.24) is 9.97 Å². The number of nitrogens with zero attached hydrogens (tertiary/aromatic N) is 2. The van der Waals surface area contributed by atoms with Gasteiger partial charge in [-0.2, -0.15) is 0 Å². The van der Waals surface area contributed by atoms with Crippen LogP contribution >= 0.6 is 0 Å².